The number of aromatic nitrogens is 5. The van der Waals surface area contributed by atoms with E-state index in [1.807, 2.05) is 38.1 Å². The second kappa shape index (κ2) is 13.2. The molecule has 1 aromatic carbocycles. The van der Waals surface area contributed by atoms with E-state index in [0.717, 1.165) is 28.7 Å². The fourth-order valence-electron chi connectivity index (χ4n) is 7.08. The first-order valence-electron chi connectivity index (χ1n) is 16.2. The van der Waals surface area contributed by atoms with Gasteiger partial charge in [-0.2, -0.15) is 5.10 Å². The zero-order chi connectivity index (χ0) is 33.6. The van der Waals surface area contributed by atoms with Crippen molar-refractivity contribution < 1.29 is 28.6 Å². The molecule has 0 N–H and O–H groups in total. The van der Waals surface area contributed by atoms with Crippen molar-refractivity contribution in [3.63, 3.8) is 0 Å². The number of amides is 1. The van der Waals surface area contributed by atoms with Crippen LogP contribution < -0.4 is 0 Å². The van der Waals surface area contributed by atoms with Gasteiger partial charge in [0, 0.05) is 47.3 Å². The molecular formula is C35H37BrN6O6. The van der Waals surface area contributed by atoms with E-state index in [9.17, 15) is 14.4 Å². The van der Waals surface area contributed by atoms with Crippen molar-refractivity contribution in [3.8, 4) is 11.1 Å². The van der Waals surface area contributed by atoms with Crippen molar-refractivity contribution in [2.45, 2.75) is 65.3 Å². The Bertz CT molecular complexity index is 1910. The van der Waals surface area contributed by atoms with E-state index in [2.05, 4.69) is 30.9 Å². The average Bonchev–Trinajstić information content (AvgIpc) is 3.46. The molecule has 1 amide bonds. The van der Waals surface area contributed by atoms with Gasteiger partial charge in [0.1, 0.15) is 22.7 Å². The van der Waals surface area contributed by atoms with Crippen molar-refractivity contribution in [1.82, 2.24) is 29.6 Å². The van der Waals surface area contributed by atoms with Crippen LogP contribution in [0.2, 0.25) is 0 Å². The number of benzene rings is 1. The minimum atomic E-state index is -0.625. The molecule has 13 heteroatoms. The number of piperidine rings is 1. The van der Waals surface area contributed by atoms with Gasteiger partial charge in [-0.25, -0.2) is 15.0 Å². The van der Waals surface area contributed by atoms with E-state index in [4.69, 9.17) is 19.3 Å². The van der Waals surface area contributed by atoms with E-state index >= 15 is 0 Å². The first-order valence-corrected chi connectivity index (χ1v) is 17.0. The van der Waals surface area contributed by atoms with Crippen molar-refractivity contribution in [2.75, 3.05) is 33.0 Å². The smallest absolute Gasteiger partial charge is 0.245 e. The van der Waals surface area contributed by atoms with Crippen LogP contribution in [0.5, 0.6) is 0 Å². The SMILES string of the molecule is CC(=O)c1nn2c3c(cc(-c4cnc(C)nc4)cc13)COCCOCCOC[C@@]13C[C@@H](C(=O)Cc4nc(Br)ccc4C)N(C(=O)C2)[C@@H]1C3. The lowest BCUT2D eigenvalue weighted by molar-refractivity contribution is -0.139. The number of Topliss-reactive ketones (excluding diaryl/α,β-unsaturated/α-hetero) is 2. The molecule has 2 bridgehead atoms. The molecule has 0 radical (unpaired) electrons. The number of carbonyl (C=O) groups excluding carboxylic acids is 3. The predicted molar refractivity (Wildman–Crippen MR) is 178 cm³/mol. The molecular weight excluding hydrogens is 680 g/mol. The number of ketones is 2. The van der Waals surface area contributed by atoms with Crippen LogP contribution in [0.1, 0.15) is 52.9 Å². The molecule has 250 valence electrons. The molecule has 0 unspecified atom stereocenters. The molecule has 3 aliphatic rings. The summed E-state index contributed by atoms with van der Waals surface area (Å²) in [6, 6.07) is 6.88. The number of ether oxygens (including phenoxy) is 3. The van der Waals surface area contributed by atoms with Crippen molar-refractivity contribution >= 4 is 44.3 Å². The summed E-state index contributed by atoms with van der Waals surface area (Å²) in [5, 5.41) is 5.31. The van der Waals surface area contributed by atoms with Gasteiger partial charge in [-0.3, -0.25) is 19.1 Å². The molecule has 2 aliphatic heterocycles. The zero-order valence-electron chi connectivity index (χ0n) is 27.2. The largest absolute Gasteiger partial charge is 0.378 e. The van der Waals surface area contributed by atoms with Gasteiger partial charge < -0.3 is 19.1 Å². The summed E-state index contributed by atoms with van der Waals surface area (Å²) >= 11 is 3.42. The number of hydrogen-bond acceptors (Lipinski definition) is 10. The highest BCUT2D eigenvalue weighted by Crippen LogP contribution is 2.60. The minimum Gasteiger partial charge on any atom is -0.378 e. The normalized spacial score (nSPS) is 23.2. The number of rotatable bonds is 5. The highest BCUT2D eigenvalue weighted by atomic mass is 79.9. The maximum absolute atomic E-state index is 14.4. The molecule has 2 fully saturated rings. The number of hydrogen-bond donors (Lipinski definition) is 0. The Morgan fingerprint density at radius 2 is 1.75 bits per heavy atom. The third-order valence-corrected chi connectivity index (χ3v) is 10.1. The zero-order valence-corrected chi connectivity index (χ0v) is 28.8. The summed E-state index contributed by atoms with van der Waals surface area (Å²) in [6.45, 7) is 7.26. The Labute approximate surface area is 286 Å². The van der Waals surface area contributed by atoms with Crippen LogP contribution in [0.25, 0.3) is 22.0 Å². The maximum atomic E-state index is 14.4. The van der Waals surface area contributed by atoms with Gasteiger partial charge in [0.25, 0.3) is 0 Å². The molecule has 12 nitrogen and oxygen atoms in total. The molecule has 3 aromatic heterocycles. The Balaban J connectivity index is 1.28. The van der Waals surface area contributed by atoms with E-state index in [-0.39, 0.29) is 54.2 Å². The van der Waals surface area contributed by atoms with Crippen molar-refractivity contribution in [3.05, 3.63) is 69.6 Å². The molecule has 7 rings (SSSR count). The van der Waals surface area contributed by atoms with Crippen LogP contribution in [0.3, 0.4) is 0 Å². The third-order valence-electron chi connectivity index (χ3n) is 9.63. The van der Waals surface area contributed by atoms with Crippen LogP contribution >= 0.6 is 15.9 Å². The summed E-state index contributed by atoms with van der Waals surface area (Å²) in [4.78, 5) is 56.3. The lowest BCUT2D eigenvalue weighted by Crippen LogP contribution is -2.45. The summed E-state index contributed by atoms with van der Waals surface area (Å²) in [6.07, 6.45) is 4.88. The van der Waals surface area contributed by atoms with Crippen LogP contribution in [0.4, 0.5) is 0 Å². The summed E-state index contributed by atoms with van der Waals surface area (Å²) < 4.78 is 20.1. The maximum Gasteiger partial charge on any atom is 0.245 e. The Kier molecular flexibility index (Phi) is 8.96. The molecule has 4 aromatic rings. The quantitative estimate of drug-likeness (QED) is 0.218. The molecule has 1 saturated heterocycles. The second-order valence-electron chi connectivity index (χ2n) is 13.0. The van der Waals surface area contributed by atoms with Crippen LogP contribution in [0, 0.1) is 19.3 Å². The van der Waals surface area contributed by atoms with E-state index in [0.29, 0.717) is 66.5 Å². The van der Waals surface area contributed by atoms with E-state index in [1.54, 1.807) is 22.0 Å². The first-order chi connectivity index (χ1) is 23.1. The van der Waals surface area contributed by atoms with Gasteiger partial charge >= 0.3 is 0 Å². The van der Waals surface area contributed by atoms with E-state index < -0.39 is 6.04 Å². The highest BCUT2D eigenvalue weighted by molar-refractivity contribution is 9.10. The summed E-state index contributed by atoms with van der Waals surface area (Å²) in [7, 11) is 0. The molecule has 3 atom stereocenters. The van der Waals surface area contributed by atoms with Gasteiger partial charge in [0.15, 0.2) is 11.6 Å². The van der Waals surface area contributed by atoms with Crippen LogP contribution in [0.15, 0.2) is 41.3 Å². The summed E-state index contributed by atoms with van der Waals surface area (Å²) in [5.41, 5.74) is 4.54. The predicted octanol–water partition coefficient (Wildman–Crippen LogP) is 4.21. The first kappa shape index (κ1) is 32.6. The van der Waals surface area contributed by atoms with Crippen molar-refractivity contribution in [1.29, 1.82) is 0 Å². The fourth-order valence-corrected chi connectivity index (χ4v) is 7.42. The van der Waals surface area contributed by atoms with E-state index in [1.165, 1.54) is 6.92 Å². The number of pyridine rings is 1. The molecule has 0 spiro atoms. The van der Waals surface area contributed by atoms with Crippen LogP contribution in [-0.4, -0.2) is 92.2 Å². The fraction of sp³-hybridized carbons (Fsp3) is 0.457. The Hall–Kier alpha value is -3.91. The Morgan fingerprint density at radius 1 is 1.00 bits per heavy atom. The van der Waals surface area contributed by atoms with Gasteiger partial charge in [-0.15, -0.1) is 0 Å². The standard InChI is InChI=1S/C35H37BrN6O6/c1-20-4-5-31(36)39-27(20)12-29(44)28-13-35-14-30(35)42(28)32(45)17-41-34-24(18-47-8-6-46-7-9-48-19-35)10-23(25-15-37-22(3)38-16-25)11-26(34)33(40-41)21(2)43/h4-5,10-11,15-16,28,30H,6-9,12-14,17-19H2,1-3H3/t28-,30+,35-/m0/s1. The van der Waals surface area contributed by atoms with Gasteiger partial charge in [-0.1, -0.05) is 6.07 Å². The number of carbonyl (C=O) groups is 3. The number of nitrogens with zero attached hydrogens (tertiary/aromatic N) is 6. The second-order valence-corrected chi connectivity index (χ2v) is 13.8. The molecule has 48 heavy (non-hydrogen) atoms. The number of halogens is 1. The lowest BCUT2D eigenvalue weighted by Gasteiger charge is -2.27. The average molecular weight is 718 g/mol. The molecule has 1 saturated carbocycles. The lowest BCUT2D eigenvalue weighted by atomic mass is 9.95. The van der Waals surface area contributed by atoms with Gasteiger partial charge in [0.2, 0.25) is 5.91 Å². The topological polar surface area (TPSA) is 139 Å². The molecule has 1 aliphatic carbocycles. The van der Waals surface area contributed by atoms with Crippen LogP contribution in [-0.2, 0) is 43.4 Å². The number of aryl methyl sites for hydroxylation is 2. The minimum absolute atomic E-state index is 0.0600. The highest BCUT2D eigenvalue weighted by Gasteiger charge is 2.67. The van der Waals surface area contributed by atoms with Crippen molar-refractivity contribution in [2.24, 2.45) is 5.41 Å². The van der Waals surface area contributed by atoms with Gasteiger partial charge in [-0.05, 0) is 71.9 Å². The summed E-state index contributed by atoms with van der Waals surface area (Å²) in [5.74, 6) is 0.132. The Morgan fingerprint density at radius 3 is 2.52 bits per heavy atom. The third kappa shape index (κ3) is 6.31. The van der Waals surface area contributed by atoms with Gasteiger partial charge in [0.05, 0.1) is 63.3 Å². The molecule has 5 heterocycles. The monoisotopic (exact) mass is 716 g/mol.